The minimum absolute atomic E-state index is 0.0547. The summed E-state index contributed by atoms with van der Waals surface area (Å²) in [6.45, 7) is 3.49. The Bertz CT molecular complexity index is 1620. The van der Waals surface area contributed by atoms with Gasteiger partial charge in [-0.1, -0.05) is 18.2 Å². The molecular weight excluding hydrogens is 556 g/mol. The zero-order valence-corrected chi connectivity index (χ0v) is 23.7. The number of morpholine rings is 1. The molecule has 224 valence electrons. The monoisotopic (exact) mass is 589 g/mol. The van der Waals surface area contributed by atoms with Crippen LogP contribution >= 0.6 is 0 Å². The van der Waals surface area contributed by atoms with Gasteiger partial charge in [-0.05, 0) is 55.9 Å². The third kappa shape index (κ3) is 5.63. The summed E-state index contributed by atoms with van der Waals surface area (Å²) in [6.07, 6.45) is 2.48. The lowest BCUT2D eigenvalue weighted by atomic mass is 9.86. The van der Waals surface area contributed by atoms with Crippen LogP contribution in [0.25, 0.3) is 16.9 Å². The zero-order valence-electron chi connectivity index (χ0n) is 23.7. The molecule has 43 heavy (non-hydrogen) atoms. The Kier molecular flexibility index (Phi) is 7.60. The minimum atomic E-state index is -2.80. The molecule has 10 nitrogen and oxygen atoms in total. The summed E-state index contributed by atoms with van der Waals surface area (Å²) in [5.41, 5.74) is 3.19. The summed E-state index contributed by atoms with van der Waals surface area (Å²) in [5, 5.41) is 0. The van der Waals surface area contributed by atoms with Crippen molar-refractivity contribution in [3.63, 3.8) is 0 Å². The molecule has 1 saturated carbocycles. The number of fused-ring (bicyclic) bond motifs is 2. The third-order valence-corrected chi connectivity index (χ3v) is 8.58. The van der Waals surface area contributed by atoms with Crippen molar-refractivity contribution in [2.45, 2.75) is 51.2 Å². The van der Waals surface area contributed by atoms with Crippen molar-refractivity contribution < 1.29 is 23.0 Å². The van der Waals surface area contributed by atoms with Crippen LogP contribution in [0.2, 0.25) is 0 Å². The number of rotatable bonds is 6. The van der Waals surface area contributed by atoms with E-state index in [0.29, 0.717) is 87.9 Å². The average Bonchev–Trinajstić information content (AvgIpc) is 3.45. The predicted octanol–water partition coefficient (Wildman–Crippen LogP) is 4.51. The van der Waals surface area contributed by atoms with Gasteiger partial charge in [-0.2, -0.15) is 9.97 Å². The highest BCUT2D eigenvalue weighted by atomic mass is 19.3. The number of benzene rings is 1. The highest BCUT2D eigenvalue weighted by Gasteiger charge is 2.32. The van der Waals surface area contributed by atoms with Crippen molar-refractivity contribution in [3.05, 3.63) is 65.7 Å². The quantitative estimate of drug-likeness (QED) is 0.324. The first kappa shape index (κ1) is 27.6. The van der Waals surface area contributed by atoms with E-state index in [1.165, 1.54) is 10.1 Å². The summed E-state index contributed by atoms with van der Waals surface area (Å²) in [7, 11) is 0. The lowest BCUT2D eigenvalue weighted by Crippen LogP contribution is -2.42. The van der Waals surface area contributed by atoms with Crippen molar-refractivity contribution in [3.8, 4) is 11.7 Å². The van der Waals surface area contributed by atoms with E-state index in [9.17, 15) is 13.6 Å². The first-order chi connectivity index (χ1) is 21.0. The average molecular weight is 590 g/mol. The van der Waals surface area contributed by atoms with Gasteiger partial charge in [0.1, 0.15) is 11.9 Å². The van der Waals surface area contributed by atoms with Crippen molar-refractivity contribution in [2.24, 2.45) is 5.92 Å². The molecule has 0 N–H and O–H groups in total. The number of aromatic nitrogens is 5. The van der Waals surface area contributed by atoms with Crippen molar-refractivity contribution in [2.75, 3.05) is 37.7 Å². The topological polar surface area (TPSA) is 98.5 Å². The Labute approximate surface area is 247 Å². The molecule has 1 aliphatic carbocycles. The van der Waals surface area contributed by atoms with Crippen LogP contribution in [0.15, 0.2) is 48.7 Å². The number of hydrogen-bond donors (Lipinski definition) is 0. The molecular formula is C31H33F2N7O3. The number of carbonyl (C=O) groups is 1. The smallest absolute Gasteiger partial charge is 0.296 e. The molecule has 0 bridgehead atoms. The van der Waals surface area contributed by atoms with E-state index >= 15 is 0 Å². The molecule has 0 radical (unpaired) electrons. The van der Waals surface area contributed by atoms with Crippen LogP contribution < -0.4 is 9.64 Å². The Morgan fingerprint density at radius 2 is 1.79 bits per heavy atom. The van der Waals surface area contributed by atoms with Crippen LogP contribution in [0.1, 0.15) is 49.2 Å². The summed E-state index contributed by atoms with van der Waals surface area (Å²) in [5.74, 6) is 0.738. The van der Waals surface area contributed by atoms with Crippen molar-refractivity contribution in [1.82, 2.24) is 29.4 Å². The zero-order chi connectivity index (χ0) is 29.3. The fraction of sp³-hybridized carbons (Fsp3) is 0.452. The lowest BCUT2D eigenvalue weighted by molar-refractivity contribution is -0.138. The second-order valence-corrected chi connectivity index (χ2v) is 11.3. The summed E-state index contributed by atoms with van der Waals surface area (Å²) in [6, 6.07) is 12.6. The van der Waals surface area contributed by atoms with Gasteiger partial charge >= 0.3 is 0 Å². The molecule has 1 saturated heterocycles. The molecule has 1 aromatic carbocycles. The molecule has 4 aromatic rings. The summed E-state index contributed by atoms with van der Waals surface area (Å²) >= 11 is 0. The van der Waals surface area contributed by atoms with E-state index in [-0.39, 0.29) is 29.6 Å². The number of para-hydroxylation sites is 2. The van der Waals surface area contributed by atoms with Crippen LogP contribution in [0.5, 0.6) is 5.88 Å². The Morgan fingerprint density at radius 3 is 2.60 bits per heavy atom. The van der Waals surface area contributed by atoms with Gasteiger partial charge in [-0.25, -0.2) is 13.8 Å². The number of imidazole rings is 1. The summed E-state index contributed by atoms with van der Waals surface area (Å²) in [4.78, 5) is 35.3. The number of pyridine rings is 1. The van der Waals surface area contributed by atoms with Crippen LogP contribution in [0.3, 0.4) is 0 Å². The van der Waals surface area contributed by atoms with Crippen LogP contribution in [-0.2, 0) is 22.5 Å². The third-order valence-electron chi connectivity index (χ3n) is 8.58. The predicted molar refractivity (Wildman–Crippen MR) is 154 cm³/mol. The SMILES string of the molecule is O=C(C1CCC(Oc2cc(-n3c(C(F)F)nc4ccccc43)nc(N3CCOCC3)n2)CC1)N1CCc2cccnc2C1. The Hall–Kier alpha value is -4.19. The molecule has 3 aliphatic rings. The van der Waals surface area contributed by atoms with Crippen LogP contribution in [-0.4, -0.2) is 74.3 Å². The van der Waals surface area contributed by atoms with Gasteiger partial charge in [-0.3, -0.25) is 14.3 Å². The summed E-state index contributed by atoms with van der Waals surface area (Å²) < 4.78 is 41.6. The molecule has 3 aromatic heterocycles. The molecule has 5 heterocycles. The molecule has 0 atom stereocenters. The van der Waals surface area contributed by atoms with E-state index in [4.69, 9.17) is 19.4 Å². The maximum absolute atomic E-state index is 14.2. The standard InChI is InChI=1S/C31H33F2N7O3/c32-28(33)29-35-23-5-1-2-6-25(23)40(29)26-18-27(37-31(36-26)38-14-16-42-17-15-38)43-22-9-7-21(8-10-22)30(41)39-13-11-20-4-3-12-34-24(20)19-39/h1-6,12,18,21-22,28H,7-11,13-17,19H2. The number of anilines is 1. The van der Waals surface area contributed by atoms with E-state index in [1.54, 1.807) is 36.5 Å². The molecule has 2 aliphatic heterocycles. The second kappa shape index (κ2) is 11.8. The van der Waals surface area contributed by atoms with E-state index in [2.05, 4.69) is 16.0 Å². The molecule has 12 heteroatoms. The Balaban J connectivity index is 1.10. The van der Waals surface area contributed by atoms with E-state index < -0.39 is 6.43 Å². The maximum Gasteiger partial charge on any atom is 0.296 e. The van der Waals surface area contributed by atoms with Gasteiger partial charge in [0.25, 0.3) is 6.43 Å². The Morgan fingerprint density at radius 1 is 0.977 bits per heavy atom. The van der Waals surface area contributed by atoms with Gasteiger partial charge in [0.2, 0.25) is 17.7 Å². The first-order valence-electron chi connectivity index (χ1n) is 14.9. The number of alkyl halides is 2. The number of carbonyl (C=O) groups excluding carboxylic acids is 1. The molecule has 2 fully saturated rings. The van der Waals surface area contributed by atoms with E-state index in [0.717, 1.165) is 12.1 Å². The second-order valence-electron chi connectivity index (χ2n) is 11.3. The number of hydrogen-bond acceptors (Lipinski definition) is 8. The fourth-order valence-electron chi connectivity index (χ4n) is 6.31. The maximum atomic E-state index is 14.2. The number of amides is 1. The number of ether oxygens (including phenoxy) is 2. The fourth-order valence-corrected chi connectivity index (χ4v) is 6.31. The van der Waals surface area contributed by atoms with E-state index in [1.807, 2.05) is 15.9 Å². The highest BCUT2D eigenvalue weighted by Crippen LogP contribution is 2.33. The van der Waals surface area contributed by atoms with Gasteiger partial charge in [0, 0.05) is 37.8 Å². The highest BCUT2D eigenvalue weighted by molar-refractivity contribution is 5.79. The molecule has 7 rings (SSSR count). The normalized spacial score (nSPS) is 20.8. The minimum Gasteiger partial charge on any atom is -0.474 e. The first-order valence-corrected chi connectivity index (χ1v) is 14.9. The molecule has 0 unspecified atom stereocenters. The van der Waals surface area contributed by atoms with Crippen LogP contribution in [0.4, 0.5) is 14.7 Å². The van der Waals surface area contributed by atoms with Gasteiger partial charge < -0.3 is 19.3 Å². The van der Waals surface area contributed by atoms with Gasteiger partial charge in [0.05, 0.1) is 36.5 Å². The van der Waals surface area contributed by atoms with Gasteiger partial charge in [0.15, 0.2) is 5.82 Å². The van der Waals surface area contributed by atoms with Crippen molar-refractivity contribution in [1.29, 1.82) is 0 Å². The molecule has 1 amide bonds. The lowest BCUT2D eigenvalue weighted by Gasteiger charge is -2.34. The number of halogens is 2. The van der Waals surface area contributed by atoms with Crippen molar-refractivity contribution >= 4 is 22.9 Å². The number of nitrogens with zero attached hydrogens (tertiary/aromatic N) is 7. The van der Waals surface area contributed by atoms with Gasteiger partial charge in [-0.15, -0.1) is 0 Å². The molecule has 0 spiro atoms. The largest absolute Gasteiger partial charge is 0.474 e. The van der Waals surface area contributed by atoms with Crippen LogP contribution in [0, 0.1) is 5.92 Å².